The number of pyridine rings is 1. The van der Waals surface area contributed by atoms with Crippen molar-refractivity contribution in [1.82, 2.24) is 14.1 Å². The van der Waals surface area contributed by atoms with E-state index in [4.69, 9.17) is 6.35 Å². The SMILES string of the molecule is [2H]c1c([2H])c([2H])c(-c2ccc3c(c2)N(c2c(-c4ccccc4)cc(C(C)(C)C)cc2-c2ccccc2)c2cc(-n4c5c([2H])c([2H])c([2H])c([2H])c5c5c([2H])c([2H])c([2H])c([2H])c54)cc4c2B3c2ccc(-n3c5c([2H])c([2H])c([2H])c([2H])c5c5c([2H])c([2H])c([2H])c([2H])c53)cc2N4c2c(-c3ccccc3)cc(C(C)(C)C)cc2-c2ccc(C(C)(C)C)nc2C(C)(C)C)c([2H])c1[2H]. The number of nitrogens with zero attached hydrogens (tertiary/aromatic N) is 5. The van der Waals surface area contributed by atoms with Crippen molar-refractivity contribution < 1.29 is 28.8 Å². The van der Waals surface area contributed by atoms with Crippen molar-refractivity contribution >= 4 is 101 Å². The van der Waals surface area contributed by atoms with Crippen molar-refractivity contribution in [1.29, 1.82) is 0 Å². The Bertz CT molecular complexity index is 7220. The molecule has 0 radical (unpaired) electrons. The molecule has 0 aliphatic carbocycles. The second-order valence-electron chi connectivity index (χ2n) is 31.6. The average molecular weight is 1380 g/mol. The maximum Gasteiger partial charge on any atom is 0.252 e. The van der Waals surface area contributed by atoms with Gasteiger partial charge in [0.15, 0.2) is 0 Å². The van der Waals surface area contributed by atoms with Gasteiger partial charge in [0, 0.05) is 94.3 Å². The summed E-state index contributed by atoms with van der Waals surface area (Å²) in [6.45, 7) is 24.5. The predicted molar refractivity (Wildman–Crippen MR) is 449 cm³/mol. The number of fused-ring (bicyclic) bond motifs is 10. The molecule has 0 atom stereocenters. The fraction of sp³-hybridized carbons (Fsp3) is 0.162. The van der Waals surface area contributed by atoms with Crippen molar-refractivity contribution in [3.05, 3.63) is 325 Å². The maximum absolute atomic E-state index is 10.3. The van der Waals surface area contributed by atoms with Crippen LogP contribution in [0.2, 0.25) is 0 Å². The van der Waals surface area contributed by atoms with Crippen LogP contribution in [-0.2, 0) is 21.7 Å². The van der Waals surface area contributed by atoms with Gasteiger partial charge in [-0.1, -0.05) is 301 Å². The molecule has 3 aromatic heterocycles. The molecule has 0 unspecified atom stereocenters. The first-order valence-corrected chi connectivity index (χ1v) is 35.6. The molecule has 0 N–H and O–H groups in total. The van der Waals surface area contributed by atoms with Gasteiger partial charge in [-0.3, -0.25) is 4.98 Å². The van der Waals surface area contributed by atoms with Crippen LogP contribution in [0.4, 0.5) is 34.1 Å². The Morgan fingerprint density at radius 1 is 0.305 bits per heavy atom. The molecule has 16 aromatic rings. The Hall–Kier alpha value is -11.7. The number of hydrogen-bond acceptors (Lipinski definition) is 3. The fourth-order valence-corrected chi connectivity index (χ4v) is 15.6. The molecule has 0 amide bonds. The van der Waals surface area contributed by atoms with Crippen LogP contribution in [0.5, 0.6) is 0 Å². The van der Waals surface area contributed by atoms with Crippen LogP contribution in [0.15, 0.2) is 303 Å². The van der Waals surface area contributed by atoms with Crippen LogP contribution in [0.25, 0.3) is 111 Å². The minimum Gasteiger partial charge on any atom is -0.310 e. The van der Waals surface area contributed by atoms with Gasteiger partial charge in [0.25, 0.3) is 6.71 Å². The van der Waals surface area contributed by atoms with Crippen LogP contribution in [-0.4, -0.2) is 20.8 Å². The van der Waals surface area contributed by atoms with E-state index < -0.39 is 155 Å². The van der Waals surface area contributed by atoms with Crippen molar-refractivity contribution in [2.24, 2.45) is 0 Å². The van der Waals surface area contributed by atoms with E-state index in [1.807, 2.05) is 133 Å². The third-order valence-electron chi connectivity index (χ3n) is 20.7. The molecule has 105 heavy (non-hydrogen) atoms. The second-order valence-corrected chi connectivity index (χ2v) is 31.6. The van der Waals surface area contributed by atoms with Crippen LogP contribution in [0.1, 0.15) is 134 Å². The summed E-state index contributed by atoms with van der Waals surface area (Å²) in [7, 11) is 0. The molecule has 5 heterocycles. The lowest BCUT2D eigenvalue weighted by molar-refractivity contribution is 0.532. The third-order valence-corrected chi connectivity index (χ3v) is 20.7. The molecule has 2 aliphatic heterocycles. The summed E-state index contributed by atoms with van der Waals surface area (Å²) in [6.07, 6.45) is 0. The number of para-hydroxylation sites is 4. The Labute approximate surface area is 648 Å². The average Bonchev–Trinajstić information content (AvgIpc) is 1.06. The third kappa shape index (κ3) is 10.8. The molecule has 18 rings (SSSR count). The maximum atomic E-state index is 10.3. The monoisotopic (exact) mass is 1380 g/mol. The summed E-state index contributed by atoms with van der Waals surface area (Å²) in [5, 5.41) is -0.727. The summed E-state index contributed by atoms with van der Waals surface area (Å²) in [4.78, 5) is 9.96. The van der Waals surface area contributed by atoms with Gasteiger partial charge < -0.3 is 18.9 Å². The quantitative estimate of drug-likeness (QED) is 0.135. The summed E-state index contributed by atoms with van der Waals surface area (Å²) in [5.41, 5.74) is 10.7. The molecule has 6 heteroatoms. The van der Waals surface area contributed by atoms with Gasteiger partial charge >= 0.3 is 0 Å². The molecule has 0 bridgehead atoms. The lowest BCUT2D eigenvalue weighted by atomic mass is 9.33. The van der Waals surface area contributed by atoms with Gasteiger partial charge in [-0.25, -0.2) is 0 Å². The van der Waals surface area contributed by atoms with Crippen molar-refractivity contribution in [2.75, 3.05) is 9.80 Å². The second kappa shape index (κ2) is 24.5. The summed E-state index contributed by atoms with van der Waals surface area (Å²) in [6, 6.07) is 44.8. The van der Waals surface area contributed by atoms with E-state index in [0.29, 0.717) is 78.3 Å². The highest BCUT2D eigenvalue weighted by molar-refractivity contribution is 7.00. The van der Waals surface area contributed by atoms with Crippen molar-refractivity contribution in [3.8, 4) is 67.0 Å². The van der Waals surface area contributed by atoms with Crippen LogP contribution in [0.3, 0.4) is 0 Å². The van der Waals surface area contributed by atoms with E-state index >= 15 is 0 Å². The molecule has 5 nitrogen and oxygen atoms in total. The predicted octanol–water partition coefficient (Wildman–Crippen LogP) is 24.9. The Kier molecular flexibility index (Phi) is 10.7. The van der Waals surface area contributed by atoms with E-state index in [1.54, 1.807) is 12.1 Å². The smallest absolute Gasteiger partial charge is 0.252 e. The summed E-state index contributed by atoms with van der Waals surface area (Å²) in [5.74, 6) is 0. The van der Waals surface area contributed by atoms with Gasteiger partial charge in [0.2, 0.25) is 0 Å². The standard InChI is InChI=1S/C99H86BN5/c1-96(2,3)68-56-77(64-35-19-14-20-36-64)93(78(57-68)65-37-21-15-22-38-65)104-87-55-67(63-33-17-13-18-34-63)49-52-81(87)100-82-53-50-70(102-83-45-29-25-41-72(83)73-42-26-30-46-84(73)102)60-88(82)105(90-62-71(61-89(104)92(90)100)103-85-47-31-27-43-74(85)75-44-28-32-48-86(75)103)94-79(66-39-23-16-24-40-66)58-69(97(4,5)6)59-80(94)76-51-54-91(98(7,8)9)101-95(76)99(10,11)12/h13-62H,1-12H3/i13D,17D,18D,25D,26D,27D,28D,29D,30D,31D,32D,33D,34D,41D,42D,43D,44D,45D,46D,47D,48D. The molecule has 0 saturated heterocycles. The fourth-order valence-electron chi connectivity index (χ4n) is 15.6. The lowest BCUT2D eigenvalue weighted by Gasteiger charge is -2.46. The highest BCUT2D eigenvalue weighted by Crippen LogP contribution is 2.56. The van der Waals surface area contributed by atoms with Gasteiger partial charge in [0.1, 0.15) is 0 Å². The Morgan fingerprint density at radius 3 is 1.13 bits per heavy atom. The van der Waals surface area contributed by atoms with Gasteiger partial charge in [-0.15, -0.1) is 0 Å². The van der Waals surface area contributed by atoms with Crippen molar-refractivity contribution in [3.63, 3.8) is 0 Å². The van der Waals surface area contributed by atoms with E-state index in [0.717, 1.165) is 39.2 Å². The zero-order valence-corrected chi connectivity index (χ0v) is 60.6. The van der Waals surface area contributed by atoms with Crippen LogP contribution < -0.4 is 26.2 Å². The topological polar surface area (TPSA) is 29.2 Å². The number of anilines is 6. The number of aromatic nitrogens is 3. The van der Waals surface area contributed by atoms with Gasteiger partial charge in [-0.2, -0.15) is 0 Å². The summed E-state index contributed by atoms with van der Waals surface area (Å²) >= 11 is 0. The Morgan fingerprint density at radius 2 is 0.695 bits per heavy atom. The number of rotatable bonds is 9. The summed E-state index contributed by atoms with van der Waals surface area (Å²) < 4.78 is 205. The van der Waals surface area contributed by atoms with Gasteiger partial charge in [0.05, 0.1) is 73.6 Å². The van der Waals surface area contributed by atoms with Crippen LogP contribution in [0, 0.1) is 0 Å². The molecule has 0 spiro atoms. The largest absolute Gasteiger partial charge is 0.310 e. The van der Waals surface area contributed by atoms with E-state index in [-0.39, 0.29) is 66.1 Å². The van der Waals surface area contributed by atoms with Gasteiger partial charge in [-0.05, 0) is 151 Å². The molecule has 0 fully saturated rings. The molecule has 2 aliphatic rings. The molecular weight excluding hydrogens is 1270 g/mol. The molecule has 510 valence electrons. The first-order valence-electron chi connectivity index (χ1n) is 46.1. The van der Waals surface area contributed by atoms with E-state index in [9.17, 15) is 27.4 Å². The normalized spacial score (nSPS) is 15.9. The first-order chi connectivity index (χ1) is 59.4. The molecule has 13 aromatic carbocycles. The number of hydrogen-bond donors (Lipinski definition) is 0. The lowest BCUT2D eigenvalue weighted by Crippen LogP contribution is -2.61. The molecular formula is C99H86BN5. The Balaban J connectivity index is 1.15. The first kappa shape index (κ1) is 46.1. The van der Waals surface area contributed by atoms with E-state index in [1.165, 1.54) is 9.13 Å². The highest BCUT2D eigenvalue weighted by Gasteiger charge is 2.47. The van der Waals surface area contributed by atoms with Crippen molar-refractivity contribution in [2.45, 2.75) is 105 Å². The number of benzene rings is 13. The minimum absolute atomic E-state index is 0.0984. The molecule has 0 saturated carbocycles. The highest BCUT2D eigenvalue weighted by atomic mass is 15.2. The van der Waals surface area contributed by atoms with E-state index in [2.05, 4.69) is 123 Å². The zero-order chi connectivity index (χ0) is 90.3. The zero-order valence-electron chi connectivity index (χ0n) is 81.6. The van der Waals surface area contributed by atoms with Crippen LogP contribution >= 0.6 is 0 Å². The minimum atomic E-state index is -1.02.